The number of carbonyl (C=O) groups is 2. The van der Waals surface area contributed by atoms with Crippen molar-refractivity contribution >= 4 is 17.5 Å². The van der Waals surface area contributed by atoms with E-state index in [9.17, 15) is 9.59 Å². The molecule has 3 rings (SSSR count). The van der Waals surface area contributed by atoms with Crippen molar-refractivity contribution in [2.75, 3.05) is 18.4 Å². The lowest BCUT2D eigenvalue weighted by Crippen LogP contribution is -2.39. The number of carbonyl (C=O) groups excluding carboxylic acids is 2. The zero-order chi connectivity index (χ0) is 17.8. The predicted molar refractivity (Wildman–Crippen MR) is 96.3 cm³/mol. The summed E-state index contributed by atoms with van der Waals surface area (Å²) >= 11 is 0. The standard InChI is InChI=1S/C19H24N4O2/c1-14-20-9-12-23(14)13-16-7-10-22(11-8-16)19(25)17-3-5-18(6-4-17)21-15(2)24/h3-6,9,12,16H,7-8,10-11,13H2,1-2H3,(H,21,24). The molecule has 2 amide bonds. The summed E-state index contributed by atoms with van der Waals surface area (Å²) in [6.45, 7) is 6.02. The lowest BCUT2D eigenvalue weighted by Gasteiger charge is -2.32. The molecule has 1 saturated heterocycles. The Morgan fingerprint density at radius 1 is 1.20 bits per heavy atom. The van der Waals surface area contributed by atoms with E-state index in [-0.39, 0.29) is 11.8 Å². The maximum Gasteiger partial charge on any atom is 0.253 e. The summed E-state index contributed by atoms with van der Waals surface area (Å²) in [5.74, 6) is 1.57. The lowest BCUT2D eigenvalue weighted by atomic mass is 9.96. The lowest BCUT2D eigenvalue weighted by molar-refractivity contribution is -0.114. The van der Waals surface area contributed by atoms with Crippen LogP contribution in [0.15, 0.2) is 36.7 Å². The van der Waals surface area contributed by atoms with E-state index in [1.165, 1.54) is 6.92 Å². The van der Waals surface area contributed by atoms with Gasteiger partial charge in [-0.3, -0.25) is 9.59 Å². The molecular formula is C19H24N4O2. The molecule has 0 radical (unpaired) electrons. The van der Waals surface area contributed by atoms with Gasteiger partial charge in [-0.2, -0.15) is 0 Å². The Hall–Kier alpha value is -2.63. The van der Waals surface area contributed by atoms with Crippen LogP contribution in [0.3, 0.4) is 0 Å². The minimum Gasteiger partial charge on any atom is -0.339 e. The molecule has 25 heavy (non-hydrogen) atoms. The van der Waals surface area contributed by atoms with Crippen LogP contribution in [0, 0.1) is 12.8 Å². The number of aromatic nitrogens is 2. The third kappa shape index (κ3) is 4.26. The summed E-state index contributed by atoms with van der Waals surface area (Å²) in [5.41, 5.74) is 1.37. The van der Waals surface area contributed by atoms with Gasteiger partial charge < -0.3 is 14.8 Å². The quantitative estimate of drug-likeness (QED) is 0.930. The number of anilines is 1. The van der Waals surface area contributed by atoms with Gasteiger partial charge >= 0.3 is 0 Å². The normalized spacial score (nSPS) is 15.2. The molecule has 1 fully saturated rings. The molecular weight excluding hydrogens is 316 g/mol. The largest absolute Gasteiger partial charge is 0.339 e. The molecule has 0 spiro atoms. The SMILES string of the molecule is CC(=O)Nc1ccc(C(=O)N2CCC(Cn3ccnc3C)CC2)cc1. The topological polar surface area (TPSA) is 67.2 Å². The van der Waals surface area contributed by atoms with Crippen molar-refractivity contribution < 1.29 is 9.59 Å². The minimum atomic E-state index is -0.116. The second-order valence-electron chi connectivity index (χ2n) is 6.62. The third-order valence-corrected chi connectivity index (χ3v) is 4.73. The molecule has 2 aromatic rings. The highest BCUT2D eigenvalue weighted by atomic mass is 16.2. The minimum absolute atomic E-state index is 0.0617. The van der Waals surface area contributed by atoms with Gasteiger partial charge in [-0.15, -0.1) is 0 Å². The molecule has 1 aliphatic rings. The summed E-state index contributed by atoms with van der Waals surface area (Å²) in [4.78, 5) is 29.9. The van der Waals surface area contributed by atoms with Gasteiger partial charge in [0.1, 0.15) is 5.82 Å². The first kappa shape index (κ1) is 17.2. The van der Waals surface area contributed by atoms with Gasteiger partial charge in [0.15, 0.2) is 0 Å². The fourth-order valence-corrected chi connectivity index (χ4v) is 3.28. The second-order valence-corrected chi connectivity index (χ2v) is 6.62. The summed E-state index contributed by atoms with van der Waals surface area (Å²) < 4.78 is 2.18. The van der Waals surface area contributed by atoms with Crippen molar-refractivity contribution in [2.45, 2.75) is 33.2 Å². The van der Waals surface area contributed by atoms with Crippen LogP contribution in [0.4, 0.5) is 5.69 Å². The summed E-state index contributed by atoms with van der Waals surface area (Å²) in [6.07, 6.45) is 5.86. The Kier molecular flexibility index (Phi) is 5.16. The van der Waals surface area contributed by atoms with Crippen LogP contribution in [0.5, 0.6) is 0 Å². The van der Waals surface area contributed by atoms with Crippen LogP contribution in [0.1, 0.15) is 35.9 Å². The van der Waals surface area contributed by atoms with Crippen molar-refractivity contribution in [1.29, 1.82) is 0 Å². The number of piperidine rings is 1. The van der Waals surface area contributed by atoms with Gasteiger partial charge in [0, 0.05) is 50.2 Å². The van der Waals surface area contributed by atoms with E-state index in [0.29, 0.717) is 17.2 Å². The number of benzene rings is 1. The molecule has 1 aromatic carbocycles. The molecule has 1 aliphatic heterocycles. The first-order valence-corrected chi connectivity index (χ1v) is 8.67. The fourth-order valence-electron chi connectivity index (χ4n) is 3.28. The monoisotopic (exact) mass is 340 g/mol. The maximum atomic E-state index is 12.6. The van der Waals surface area contributed by atoms with E-state index in [1.807, 2.05) is 24.2 Å². The molecule has 6 heteroatoms. The van der Waals surface area contributed by atoms with Crippen LogP contribution in [-0.2, 0) is 11.3 Å². The number of imidazole rings is 1. The first-order chi connectivity index (χ1) is 12.0. The van der Waals surface area contributed by atoms with Crippen LogP contribution < -0.4 is 5.32 Å². The molecule has 0 aliphatic carbocycles. The van der Waals surface area contributed by atoms with E-state index in [0.717, 1.165) is 38.3 Å². The number of rotatable bonds is 4. The van der Waals surface area contributed by atoms with E-state index in [2.05, 4.69) is 14.9 Å². The van der Waals surface area contributed by atoms with E-state index in [4.69, 9.17) is 0 Å². The molecule has 6 nitrogen and oxygen atoms in total. The number of hydrogen-bond acceptors (Lipinski definition) is 3. The smallest absolute Gasteiger partial charge is 0.253 e. The number of amides is 2. The Bertz CT molecular complexity index is 743. The Morgan fingerprint density at radius 3 is 2.44 bits per heavy atom. The Morgan fingerprint density at radius 2 is 1.88 bits per heavy atom. The van der Waals surface area contributed by atoms with Gasteiger partial charge in [-0.1, -0.05) is 0 Å². The van der Waals surface area contributed by atoms with Gasteiger partial charge in [0.25, 0.3) is 5.91 Å². The molecule has 1 N–H and O–H groups in total. The van der Waals surface area contributed by atoms with Gasteiger partial charge in [0.05, 0.1) is 0 Å². The maximum absolute atomic E-state index is 12.6. The summed E-state index contributed by atoms with van der Waals surface area (Å²) in [5, 5.41) is 2.71. The fraction of sp³-hybridized carbons (Fsp3) is 0.421. The van der Waals surface area contributed by atoms with Crippen molar-refractivity contribution in [3.8, 4) is 0 Å². The second kappa shape index (κ2) is 7.51. The number of aryl methyl sites for hydroxylation is 1. The number of hydrogen-bond donors (Lipinski definition) is 1. The highest BCUT2D eigenvalue weighted by Gasteiger charge is 2.24. The van der Waals surface area contributed by atoms with E-state index >= 15 is 0 Å². The Balaban J connectivity index is 1.54. The zero-order valence-corrected chi connectivity index (χ0v) is 14.7. The highest BCUT2D eigenvalue weighted by Crippen LogP contribution is 2.21. The molecule has 2 heterocycles. The third-order valence-electron chi connectivity index (χ3n) is 4.73. The van der Waals surface area contributed by atoms with Gasteiger partial charge in [-0.25, -0.2) is 4.98 Å². The average molecular weight is 340 g/mol. The zero-order valence-electron chi connectivity index (χ0n) is 14.7. The van der Waals surface area contributed by atoms with Crippen LogP contribution >= 0.6 is 0 Å². The average Bonchev–Trinajstić information content (AvgIpc) is 3.00. The van der Waals surface area contributed by atoms with Crippen LogP contribution in [-0.4, -0.2) is 39.4 Å². The van der Waals surface area contributed by atoms with Gasteiger partial charge in [0.2, 0.25) is 5.91 Å². The number of nitrogens with zero attached hydrogens (tertiary/aromatic N) is 3. The van der Waals surface area contributed by atoms with Crippen molar-refractivity contribution in [1.82, 2.24) is 14.5 Å². The van der Waals surface area contributed by atoms with E-state index in [1.54, 1.807) is 24.3 Å². The van der Waals surface area contributed by atoms with Gasteiger partial charge in [-0.05, 0) is 49.9 Å². The number of likely N-dealkylation sites (tertiary alicyclic amines) is 1. The van der Waals surface area contributed by atoms with Crippen molar-refractivity contribution in [3.05, 3.63) is 48.0 Å². The molecule has 0 unspecified atom stereocenters. The van der Waals surface area contributed by atoms with Crippen LogP contribution in [0.25, 0.3) is 0 Å². The summed E-state index contributed by atoms with van der Waals surface area (Å²) in [6, 6.07) is 7.08. The molecule has 0 atom stereocenters. The summed E-state index contributed by atoms with van der Waals surface area (Å²) in [7, 11) is 0. The highest BCUT2D eigenvalue weighted by molar-refractivity contribution is 5.95. The van der Waals surface area contributed by atoms with E-state index < -0.39 is 0 Å². The van der Waals surface area contributed by atoms with Crippen LogP contribution in [0.2, 0.25) is 0 Å². The number of nitrogens with one attached hydrogen (secondary N) is 1. The molecule has 0 bridgehead atoms. The molecule has 0 saturated carbocycles. The first-order valence-electron chi connectivity index (χ1n) is 8.67. The Labute approximate surface area is 147 Å². The predicted octanol–water partition coefficient (Wildman–Crippen LogP) is 2.70. The van der Waals surface area contributed by atoms with Crippen molar-refractivity contribution in [2.24, 2.45) is 5.92 Å². The molecule has 1 aromatic heterocycles. The van der Waals surface area contributed by atoms with Crippen molar-refractivity contribution in [3.63, 3.8) is 0 Å². The molecule has 132 valence electrons.